The van der Waals surface area contributed by atoms with Gasteiger partial charge in [-0.3, -0.25) is 4.79 Å². The fourth-order valence-electron chi connectivity index (χ4n) is 4.10. The summed E-state index contributed by atoms with van der Waals surface area (Å²) in [5.74, 6) is 2.51. The second-order valence-corrected chi connectivity index (χ2v) is 6.79. The Bertz CT molecular complexity index is 506. The fourth-order valence-corrected chi connectivity index (χ4v) is 4.10. The third kappa shape index (κ3) is 1.80. The summed E-state index contributed by atoms with van der Waals surface area (Å²) in [6.45, 7) is 8.76. The van der Waals surface area contributed by atoms with Crippen molar-refractivity contribution in [2.45, 2.75) is 46.6 Å². The van der Waals surface area contributed by atoms with Crippen molar-refractivity contribution in [3.8, 4) is 0 Å². The van der Waals surface area contributed by atoms with Gasteiger partial charge in [0.1, 0.15) is 5.76 Å². The minimum Gasteiger partial charge on any atom is -0.448 e. The minimum atomic E-state index is -0.0952. The SMILES string of the molecule is Cc1ocnc1C(=O)NC1C[C@@H]2C[C@H]([C@H]1C)C2(C)C. The first-order valence-electron chi connectivity index (χ1n) is 7.12. The van der Waals surface area contributed by atoms with Crippen LogP contribution >= 0.6 is 0 Å². The molecule has 4 heteroatoms. The Morgan fingerprint density at radius 2 is 2.21 bits per heavy atom. The quantitative estimate of drug-likeness (QED) is 0.891. The number of aromatic nitrogens is 1. The Labute approximate surface area is 114 Å². The molecule has 4 atom stereocenters. The van der Waals surface area contributed by atoms with E-state index in [0.29, 0.717) is 22.8 Å². The largest absolute Gasteiger partial charge is 0.448 e. The zero-order valence-electron chi connectivity index (χ0n) is 12.1. The number of amides is 1. The van der Waals surface area contributed by atoms with E-state index in [2.05, 4.69) is 31.1 Å². The van der Waals surface area contributed by atoms with Crippen molar-refractivity contribution in [2.24, 2.45) is 23.2 Å². The Hall–Kier alpha value is -1.32. The van der Waals surface area contributed by atoms with Gasteiger partial charge in [-0.25, -0.2) is 4.98 Å². The van der Waals surface area contributed by atoms with Gasteiger partial charge in [-0.05, 0) is 42.9 Å². The van der Waals surface area contributed by atoms with Crippen LogP contribution in [0.4, 0.5) is 0 Å². The number of carbonyl (C=O) groups excluding carboxylic acids is 1. The van der Waals surface area contributed by atoms with E-state index in [1.54, 1.807) is 6.92 Å². The molecule has 0 radical (unpaired) electrons. The number of hydrogen-bond donors (Lipinski definition) is 1. The van der Waals surface area contributed by atoms with Gasteiger partial charge in [0.25, 0.3) is 5.91 Å². The molecule has 3 fully saturated rings. The normalized spacial score (nSPS) is 35.6. The Morgan fingerprint density at radius 1 is 1.47 bits per heavy atom. The highest BCUT2D eigenvalue weighted by molar-refractivity contribution is 5.93. The van der Waals surface area contributed by atoms with Gasteiger partial charge in [0.05, 0.1) is 0 Å². The van der Waals surface area contributed by atoms with Crippen LogP contribution in [-0.2, 0) is 0 Å². The topological polar surface area (TPSA) is 55.1 Å². The third-order valence-electron chi connectivity index (χ3n) is 5.63. The lowest BCUT2D eigenvalue weighted by Gasteiger charge is -2.62. The van der Waals surface area contributed by atoms with E-state index in [1.807, 2.05) is 0 Å². The molecule has 1 unspecified atom stereocenters. The molecule has 0 saturated heterocycles. The predicted molar refractivity (Wildman–Crippen MR) is 71.7 cm³/mol. The smallest absolute Gasteiger partial charge is 0.273 e. The monoisotopic (exact) mass is 262 g/mol. The summed E-state index contributed by atoms with van der Waals surface area (Å²) in [4.78, 5) is 16.2. The average molecular weight is 262 g/mol. The number of rotatable bonds is 2. The molecule has 3 aliphatic rings. The van der Waals surface area contributed by atoms with Crippen LogP contribution in [0.2, 0.25) is 0 Å². The van der Waals surface area contributed by atoms with Crippen molar-refractivity contribution in [1.82, 2.24) is 10.3 Å². The molecular weight excluding hydrogens is 240 g/mol. The standard InChI is InChI=1S/C15H22N2O2/c1-8-11-5-10(15(11,3)4)6-12(8)17-14(18)13-9(2)19-7-16-13/h7-8,10-12H,5-6H2,1-4H3,(H,17,18)/t8-,10+,11-,12?/m1/s1. The molecule has 1 aromatic rings. The van der Waals surface area contributed by atoms with E-state index in [4.69, 9.17) is 4.42 Å². The molecule has 1 N–H and O–H groups in total. The zero-order chi connectivity index (χ0) is 13.8. The van der Waals surface area contributed by atoms with Gasteiger partial charge in [0.15, 0.2) is 12.1 Å². The van der Waals surface area contributed by atoms with Gasteiger partial charge >= 0.3 is 0 Å². The van der Waals surface area contributed by atoms with Gasteiger partial charge in [0.2, 0.25) is 0 Å². The Balaban J connectivity index is 1.69. The van der Waals surface area contributed by atoms with Crippen LogP contribution in [-0.4, -0.2) is 16.9 Å². The van der Waals surface area contributed by atoms with Crippen LogP contribution in [0.1, 0.15) is 49.9 Å². The lowest BCUT2D eigenvalue weighted by molar-refractivity contribution is -0.113. The molecule has 0 spiro atoms. The number of oxazole rings is 1. The van der Waals surface area contributed by atoms with E-state index < -0.39 is 0 Å². The number of hydrogen-bond acceptors (Lipinski definition) is 3. The fraction of sp³-hybridized carbons (Fsp3) is 0.733. The molecule has 1 aromatic heterocycles. The van der Waals surface area contributed by atoms with Crippen molar-refractivity contribution in [2.75, 3.05) is 0 Å². The molecule has 4 rings (SSSR count). The molecule has 2 bridgehead atoms. The van der Waals surface area contributed by atoms with Crippen LogP contribution in [0.15, 0.2) is 10.8 Å². The first kappa shape index (κ1) is 12.7. The number of aryl methyl sites for hydroxylation is 1. The van der Waals surface area contributed by atoms with Crippen LogP contribution in [0.3, 0.4) is 0 Å². The van der Waals surface area contributed by atoms with Crippen molar-refractivity contribution in [3.05, 3.63) is 17.8 Å². The molecule has 3 saturated carbocycles. The summed E-state index contributed by atoms with van der Waals surface area (Å²) >= 11 is 0. The predicted octanol–water partition coefficient (Wildman–Crippen LogP) is 2.78. The summed E-state index contributed by atoms with van der Waals surface area (Å²) in [5.41, 5.74) is 0.871. The van der Waals surface area contributed by atoms with Gasteiger partial charge in [-0.1, -0.05) is 20.8 Å². The number of carbonyl (C=O) groups is 1. The highest BCUT2D eigenvalue weighted by Gasteiger charge is 2.56. The van der Waals surface area contributed by atoms with Crippen LogP contribution < -0.4 is 5.32 Å². The first-order valence-corrected chi connectivity index (χ1v) is 7.12. The van der Waals surface area contributed by atoms with Gasteiger partial charge in [0, 0.05) is 6.04 Å². The highest BCUT2D eigenvalue weighted by Crippen LogP contribution is 2.61. The molecule has 0 aromatic carbocycles. The van der Waals surface area contributed by atoms with Gasteiger partial charge in [-0.15, -0.1) is 0 Å². The zero-order valence-corrected chi connectivity index (χ0v) is 12.1. The third-order valence-corrected chi connectivity index (χ3v) is 5.63. The average Bonchev–Trinajstić information content (AvgIpc) is 2.77. The molecule has 1 amide bonds. The van der Waals surface area contributed by atoms with Crippen molar-refractivity contribution >= 4 is 5.91 Å². The van der Waals surface area contributed by atoms with E-state index >= 15 is 0 Å². The summed E-state index contributed by atoms with van der Waals surface area (Å²) in [5, 5.41) is 3.15. The van der Waals surface area contributed by atoms with E-state index in [-0.39, 0.29) is 11.9 Å². The number of nitrogens with zero attached hydrogens (tertiary/aromatic N) is 1. The number of fused-ring (bicyclic) bond motifs is 2. The van der Waals surface area contributed by atoms with Crippen LogP contribution in [0.5, 0.6) is 0 Å². The molecule has 104 valence electrons. The van der Waals surface area contributed by atoms with Gasteiger partial charge in [-0.2, -0.15) is 0 Å². The van der Waals surface area contributed by atoms with Crippen molar-refractivity contribution < 1.29 is 9.21 Å². The van der Waals surface area contributed by atoms with E-state index in [1.165, 1.54) is 12.8 Å². The first-order chi connectivity index (χ1) is 8.91. The van der Waals surface area contributed by atoms with Crippen molar-refractivity contribution in [3.63, 3.8) is 0 Å². The maximum atomic E-state index is 12.2. The summed E-state index contributed by atoms with van der Waals surface area (Å²) in [7, 11) is 0. The summed E-state index contributed by atoms with van der Waals surface area (Å²) in [6.07, 6.45) is 3.74. The molecule has 3 aliphatic carbocycles. The van der Waals surface area contributed by atoms with Crippen LogP contribution in [0.25, 0.3) is 0 Å². The van der Waals surface area contributed by atoms with Crippen molar-refractivity contribution in [1.29, 1.82) is 0 Å². The molecular formula is C15H22N2O2. The summed E-state index contributed by atoms with van der Waals surface area (Å²) in [6, 6.07) is 0.278. The molecule has 0 aliphatic heterocycles. The maximum Gasteiger partial charge on any atom is 0.273 e. The minimum absolute atomic E-state index is 0.0952. The molecule has 1 heterocycles. The lowest BCUT2D eigenvalue weighted by Crippen LogP contribution is -2.60. The van der Waals surface area contributed by atoms with Gasteiger partial charge < -0.3 is 9.73 Å². The van der Waals surface area contributed by atoms with E-state index in [9.17, 15) is 4.79 Å². The second-order valence-electron chi connectivity index (χ2n) is 6.79. The second kappa shape index (κ2) is 4.09. The Morgan fingerprint density at radius 3 is 2.74 bits per heavy atom. The molecule has 4 nitrogen and oxygen atoms in total. The maximum absolute atomic E-state index is 12.2. The molecule has 19 heavy (non-hydrogen) atoms. The number of nitrogens with one attached hydrogen (secondary N) is 1. The summed E-state index contributed by atoms with van der Waals surface area (Å²) < 4.78 is 5.09. The Kier molecular flexibility index (Phi) is 2.73. The van der Waals surface area contributed by atoms with E-state index in [0.717, 1.165) is 18.3 Å². The lowest BCUT2D eigenvalue weighted by atomic mass is 9.45. The van der Waals surface area contributed by atoms with Crippen LogP contribution in [0, 0.1) is 30.1 Å². The highest BCUT2D eigenvalue weighted by atomic mass is 16.3.